The van der Waals surface area contributed by atoms with Crippen LogP contribution in [0.25, 0.3) is 0 Å². The van der Waals surface area contributed by atoms with Crippen LogP contribution in [0.5, 0.6) is 0 Å². The number of nitrogens with zero attached hydrogens (tertiary/aromatic N) is 1. The molecule has 1 atom stereocenters. The minimum Gasteiger partial charge on any atom is -0.481 e. The molecule has 0 spiro atoms. The topological polar surface area (TPSA) is 57.6 Å². The molecule has 1 aliphatic rings. The summed E-state index contributed by atoms with van der Waals surface area (Å²) in [5, 5.41) is 9.10. The minimum atomic E-state index is -0.719. The lowest BCUT2D eigenvalue weighted by Gasteiger charge is -2.32. The third-order valence-corrected chi connectivity index (χ3v) is 5.32. The van der Waals surface area contributed by atoms with Crippen LogP contribution in [-0.2, 0) is 9.59 Å². The van der Waals surface area contributed by atoms with Gasteiger partial charge in [0.1, 0.15) is 0 Å². The zero-order valence-corrected chi connectivity index (χ0v) is 14.8. The number of hydrogen-bond acceptors (Lipinski definition) is 2. The normalized spacial score (nSPS) is 21.9. The van der Waals surface area contributed by atoms with E-state index in [4.69, 9.17) is 5.11 Å². The highest BCUT2D eigenvalue weighted by atomic mass is 16.4. The van der Waals surface area contributed by atoms with E-state index in [1.807, 2.05) is 30.0 Å². The van der Waals surface area contributed by atoms with Gasteiger partial charge in [-0.25, -0.2) is 0 Å². The van der Waals surface area contributed by atoms with Crippen molar-refractivity contribution < 1.29 is 14.7 Å². The van der Waals surface area contributed by atoms with E-state index in [1.54, 1.807) is 0 Å². The van der Waals surface area contributed by atoms with Gasteiger partial charge >= 0.3 is 5.97 Å². The largest absolute Gasteiger partial charge is 0.481 e. The average molecular weight is 331 g/mol. The van der Waals surface area contributed by atoms with Crippen molar-refractivity contribution >= 4 is 11.9 Å². The second kappa shape index (κ2) is 8.86. The molecule has 2 rings (SSSR count). The van der Waals surface area contributed by atoms with Crippen molar-refractivity contribution in [3.8, 4) is 0 Å². The van der Waals surface area contributed by atoms with Crippen molar-refractivity contribution in [3.63, 3.8) is 0 Å². The summed E-state index contributed by atoms with van der Waals surface area (Å²) in [4.78, 5) is 25.9. The van der Waals surface area contributed by atoms with Crippen LogP contribution in [0.3, 0.4) is 0 Å². The Morgan fingerprint density at radius 3 is 2.17 bits per heavy atom. The molecule has 0 bridgehead atoms. The van der Waals surface area contributed by atoms with Crippen LogP contribution < -0.4 is 0 Å². The van der Waals surface area contributed by atoms with Gasteiger partial charge < -0.3 is 10.0 Å². The van der Waals surface area contributed by atoms with Gasteiger partial charge in [-0.05, 0) is 44.6 Å². The monoisotopic (exact) mass is 331 g/mol. The number of benzene rings is 1. The van der Waals surface area contributed by atoms with Gasteiger partial charge in [-0.15, -0.1) is 0 Å². The van der Waals surface area contributed by atoms with Gasteiger partial charge in [-0.1, -0.05) is 37.3 Å². The van der Waals surface area contributed by atoms with Crippen LogP contribution in [0, 0.1) is 11.8 Å². The zero-order chi connectivity index (χ0) is 17.5. The molecule has 1 fully saturated rings. The van der Waals surface area contributed by atoms with E-state index in [0.29, 0.717) is 38.1 Å². The molecule has 24 heavy (non-hydrogen) atoms. The fraction of sp³-hybridized carbons (Fsp3) is 0.600. The van der Waals surface area contributed by atoms with Crippen molar-refractivity contribution in [3.05, 3.63) is 35.9 Å². The number of amides is 1. The summed E-state index contributed by atoms with van der Waals surface area (Å²) in [6.07, 6.45) is 3.65. The molecule has 1 saturated carbocycles. The van der Waals surface area contributed by atoms with Crippen LogP contribution in [0.1, 0.15) is 57.4 Å². The Labute approximate surface area is 144 Å². The van der Waals surface area contributed by atoms with Crippen molar-refractivity contribution in [2.75, 3.05) is 13.1 Å². The number of carboxylic acids is 1. The molecule has 0 radical (unpaired) electrons. The molecule has 1 aromatic carbocycles. The molecule has 4 heteroatoms. The van der Waals surface area contributed by atoms with E-state index in [2.05, 4.69) is 19.1 Å². The second-order valence-corrected chi connectivity index (χ2v) is 6.78. The maximum atomic E-state index is 12.9. The first kappa shape index (κ1) is 18.5. The molecule has 1 N–H and O–H groups in total. The Morgan fingerprint density at radius 2 is 1.67 bits per heavy atom. The Kier molecular flexibility index (Phi) is 6.83. The summed E-state index contributed by atoms with van der Waals surface area (Å²) in [7, 11) is 0. The average Bonchev–Trinajstić information content (AvgIpc) is 2.63. The van der Waals surface area contributed by atoms with Crippen LogP contribution in [0.15, 0.2) is 30.3 Å². The van der Waals surface area contributed by atoms with Gasteiger partial charge in [0.05, 0.1) is 5.92 Å². The third kappa shape index (κ3) is 4.59. The molecule has 1 unspecified atom stereocenters. The molecule has 0 aliphatic heterocycles. The van der Waals surface area contributed by atoms with Crippen molar-refractivity contribution in [1.29, 1.82) is 0 Å². The summed E-state index contributed by atoms with van der Waals surface area (Å²) in [5.74, 6) is -0.435. The van der Waals surface area contributed by atoms with Crippen molar-refractivity contribution in [2.45, 2.75) is 51.9 Å². The highest BCUT2D eigenvalue weighted by Gasteiger charge is 2.32. The SMILES string of the molecule is CCC(CN(CC)C(=O)C1CCC(C(=O)O)CC1)c1ccccc1. The van der Waals surface area contributed by atoms with Gasteiger partial charge in [0.15, 0.2) is 0 Å². The van der Waals surface area contributed by atoms with Crippen LogP contribution in [0.2, 0.25) is 0 Å². The summed E-state index contributed by atoms with van der Waals surface area (Å²) in [6, 6.07) is 10.4. The summed E-state index contributed by atoms with van der Waals surface area (Å²) in [6.45, 7) is 5.64. The summed E-state index contributed by atoms with van der Waals surface area (Å²) >= 11 is 0. The Hall–Kier alpha value is -1.84. The van der Waals surface area contributed by atoms with Gasteiger partial charge in [-0.3, -0.25) is 9.59 Å². The number of carbonyl (C=O) groups is 2. The van der Waals surface area contributed by atoms with E-state index in [0.717, 1.165) is 13.0 Å². The predicted octanol–water partition coefficient (Wildman–Crippen LogP) is 3.92. The number of hydrogen-bond donors (Lipinski definition) is 1. The van der Waals surface area contributed by atoms with Crippen molar-refractivity contribution in [2.24, 2.45) is 11.8 Å². The first-order valence-electron chi connectivity index (χ1n) is 9.13. The fourth-order valence-corrected chi connectivity index (χ4v) is 3.68. The van der Waals surface area contributed by atoms with Gasteiger partial charge in [-0.2, -0.15) is 0 Å². The molecule has 0 heterocycles. The van der Waals surface area contributed by atoms with Gasteiger partial charge in [0.25, 0.3) is 0 Å². The van der Waals surface area contributed by atoms with E-state index in [-0.39, 0.29) is 17.7 Å². The van der Waals surface area contributed by atoms with E-state index >= 15 is 0 Å². The number of carbonyl (C=O) groups excluding carboxylic acids is 1. The van der Waals surface area contributed by atoms with Crippen LogP contribution in [0.4, 0.5) is 0 Å². The van der Waals surface area contributed by atoms with E-state index in [1.165, 1.54) is 5.56 Å². The highest BCUT2D eigenvalue weighted by molar-refractivity contribution is 5.79. The molecule has 1 aliphatic carbocycles. The third-order valence-electron chi connectivity index (χ3n) is 5.32. The molecule has 0 aromatic heterocycles. The second-order valence-electron chi connectivity index (χ2n) is 6.78. The smallest absolute Gasteiger partial charge is 0.306 e. The fourth-order valence-electron chi connectivity index (χ4n) is 3.68. The number of aliphatic carboxylic acids is 1. The Balaban J connectivity index is 1.97. The lowest BCUT2D eigenvalue weighted by molar-refractivity contribution is -0.145. The van der Waals surface area contributed by atoms with Crippen LogP contribution >= 0.6 is 0 Å². The standard InChI is InChI=1S/C20H29NO3/c1-3-15(16-8-6-5-7-9-16)14-21(4-2)19(22)17-10-12-18(13-11-17)20(23)24/h5-9,15,17-18H,3-4,10-14H2,1-2H3,(H,23,24). The Morgan fingerprint density at radius 1 is 1.08 bits per heavy atom. The van der Waals surface area contributed by atoms with Crippen LogP contribution in [-0.4, -0.2) is 35.0 Å². The molecule has 4 nitrogen and oxygen atoms in total. The van der Waals surface area contributed by atoms with Gasteiger partial charge in [0, 0.05) is 24.9 Å². The minimum absolute atomic E-state index is 0.00571. The predicted molar refractivity (Wildman–Crippen MR) is 94.8 cm³/mol. The summed E-state index contributed by atoms with van der Waals surface area (Å²) in [5.41, 5.74) is 1.28. The maximum Gasteiger partial charge on any atom is 0.306 e. The lowest BCUT2D eigenvalue weighted by atomic mass is 9.81. The van der Waals surface area contributed by atoms with E-state index in [9.17, 15) is 9.59 Å². The number of likely N-dealkylation sites (N-methyl/N-ethyl adjacent to an activating group) is 1. The maximum absolute atomic E-state index is 12.9. The molecule has 1 aromatic rings. The number of carboxylic acid groups (broad SMARTS) is 1. The molecule has 132 valence electrons. The van der Waals surface area contributed by atoms with Crippen molar-refractivity contribution in [1.82, 2.24) is 4.90 Å². The lowest BCUT2D eigenvalue weighted by Crippen LogP contribution is -2.40. The highest BCUT2D eigenvalue weighted by Crippen LogP contribution is 2.31. The Bertz CT molecular complexity index is 535. The van der Waals surface area contributed by atoms with Gasteiger partial charge in [0.2, 0.25) is 5.91 Å². The molecular formula is C20H29NO3. The first-order chi connectivity index (χ1) is 11.6. The molecule has 0 saturated heterocycles. The first-order valence-corrected chi connectivity index (χ1v) is 9.13. The number of rotatable bonds is 7. The summed E-state index contributed by atoms with van der Waals surface area (Å²) < 4.78 is 0. The van der Waals surface area contributed by atoms with E-state index < -0.39 is 5.97 Å². The quantitative estimate of drug-likeness (QED) is 0.824. The molecular weight excluding hydrogens is 302 g/mol. The zero-order valence-electron chi connectivity index (χ0n) is 14.8. The molecule has 1 amide bonds.